The van der Waals surface area contributed by atoms with Gasteiger partial charge in [-0.15, -0.1) is 0 Å². The maximum absolute atomic E-state index is 4.07. The molecule has 0 bridgehead atoms. The fourth-order valence-electron chi connectivity index (χ4n) is 2.64. The zero-order chi connectivity index (χ0) is 13.1. The quantitative estimate of drug-likeness (QED) is 0.909. The molecule has 1 unspecified atom stereocenters. The van der Waals surface area contributed by atoms with E-state index in [-0.39, 0.29) is 0 Å². The first-order valence-electron chi connectivity index (χ1n) is 6.79. The van der Waals surface area contributed by atoms with Crippen LogP contribution in [0.5, 0.6) is 0 Å². The number of nitrogens with zero attached hydrogens (tertiary/aromatic N) is 3. The van der Waals surface area contributed by atoms with Crippen LogP contribution >= 0.6 is 0 Å². The maximum Gasteiger partial charge on any atom is 0.0949 e. The Morgan fingerprint density at radius 1 is 1.42 bits per heavy atom. The van der Waals surface area contributed by atoms with Gasteiger partial charge in [0.05, 0.1) is 6.33 Å². The molecule has 2 heterocycles. The Balaban J connectivity index is 1.66. The standard InChI is InChI=1S/C15H20N4/c1-18-7-5-15(11-18)17-14-4-2-3-13(9-14)10-19-8-6-16-12-19/h2-4,6,8-9,12,15,17H,5,7,10-11H2,1H3. The predicted octanol–water partition coefficient (Wildman–Crippen LogP) is 2.05. The fraction of sp³-hybridized carbons (Fsp3) is 0.400. The lowest BCUT2D eigenvalue weighted by Gasteiger charge is -2.15. The van der Waals surface area contributed by atoms with Crippen LogP contribution in [0.4, 0.5) is 5.69 Å². The third-order valence-electron chi connectivity index (χ3n) is 3.61. The second-order valence-corrected chi connectivity index (χ2v) is 5.33. The first-order chi connectivity index (χ1) is 9.29. The van der Waals surface area contributed by atoms with Crippen molar-refractivity contribution in [2.45, 2.75) is 19.0 Å². The van der Waals surface area contributed by atoms with E-state index in [1.54, 1.807) is 0 Å². The molecule has 0 spiro atoms. The zero-order valence-electron chi connectivity index (χ0n) is 11.3. The number of imidazole rings is 1. The molecule has 0 radical (unpaired) electrons. The first kappa shape index (κ1) is 12.2. The van der Waals surface area contributed by atoms with Crippen LogP contribution in [0.15, 0.2) is 43.0 Å². The molecule has 1 fully saturated rings. The summed E-state index contributed by atoms with van der Waals surface area (Å²) in [5.41, 5.74) is 2.52. The molecule has 1 N–H and O–H groups in total. The fourth-order valence-corrected chi connectivity index (χ4v) is 2.64. The van der Waals surface area contributed by atoms with Gasteiger partial charge in [0, 0.05) is 37.2 Å². The SMILES string of the molecule is CN1CCC(Nc2cccc(Cn3ccnc3)c2)C1. The summed E-state index contributed by atoms with van der Waals surface area (Å²) in [6, 6.07) is 9.24. The number of hydrogen-bond acceptors (Lipinski definition) is 3. The van der Waals surface area contributed by atoms with Crippen molar-refractivity contribution >= 4 is 5.69 Å². The van der Waals surface area contributed by atoms with Gasteiger partial charge in [0.25, 0.3) is 0 Å². The van der Waals surface area contributed by atoms with E-state index in [9.17, 15) is 0 Å². The molecule has 2 aromatic rings. The van der Waals surface area contributed by atoms with E-state index in [0.29, 0.717) is 6.04 Å². The van der Waals surface area contributed by atoms with Crippen molar-refractivity contribution in [3.05, 3.63) is 48.5 Å². The Bertz CT molecular complexity index is 521. The molecule has 0 saturated carbocycles. The van der Waals surface area contributed by atoms with E-state index in [2.05, 4.69) is 51.1 Å². The molecule has 1 aliphatic heterocycles. The number of aromatic nitrogens is 2. The maximum atomic E-state index is 4.07. The number of hydrogen-bond donors (Lipinski definition) is 1. The van der Waals surface area contributed by atoms with Crippen LogP contribution < -0.4 is 5.32 Å². The minimum Gasteiger partial charge on any atom is -0.381 e. The minimum atomic E-state index is 0.577. The van der Waals surface area contributed by atoms with Crippen molar-refractivity contribution < 1.29 is 0 Å². The minimum absolute atomic E-state index is 0.577. The van der Waals surface area contributed by atoms with Gasteiger partial charge in [0.15, 0.2) is 0 Å². The summed E-state index contributed by atoms with van der Waals surface area (Å²) in [5, 5.41) is 3.62. The van der Waals surface area contributed by atoms with E-state index >= 15 is 0 Å². The summed E-state index contributed by atoms with van der Waals surface area (Å²) in [6.07, 6.45) is 6.89. The lowest BCUT2D eigenvalue weighted by Crippen LogP contribution is -2.23. The van der Waals surface area contributed by atoms with Crippen LogP contribution in [0.3, 0.4) is 0 Å². The average Bonchev–Trinajstić information content (AvgIpc) is 3.02. The molecule has 1 aromatic carbocycles. The number of rotatable bonds is 4. The Hall–Kier alpha value is -1.81. The van der Waals surface area contributed by atoms with Crippen molar-refractivity contribution in [3.8, 4) is 0 Å². The molecular formula is C15H20N4. The summed E-state index contributed by atoms with van der Waals surface area (Å²) in [6.45, 7) is 3.19. The molecule has 3 rings (SSSR count). The second kappa shape index (κ2) is 5.45. The normalized spacial score (nSPS) is 19.7. The van der Waals surface area contributed by atoms with Gasteiger partial charge in [-0.05, 0) is 37.7 Å². The summed E-state index contributed by atoms with van der Waals surface area (Å²) < 4.78 is 2.09. The van der Waals surface area contributed by atoms with Crippen molar-refractivity contribution in [3.63, 3.8) is 0 Å². The molecule has 4 nitrogen and oxygen atoms in total. The smallest absolute Gasteiger partial charge is 0.0949 e. The van der Waals surface area contributed by atoms with Gasteiger partial charge in [-0.1, -0.05) is 12.1 Å². The molecule has 0 amide bonds. The van der Waals surface area contributed by atoms with Gasteiger partial charge < -0.3 is 14.8 Å². The first-order valence-corrected chi connectivity index (χ1v) is 6.79. The van der Waals surface area contributed by atoms with Crippen LogP contribution in [0.2, 0.25) is 0 Å². The third kappa shape index (κ3) is 3.15. The highest BCUT2D eigenvalue weighted by Gasteiger charge is 2.18. The van der Waals surface area contributed by atoms with Crippen molar-refractivity contribution in [1.82, 2.24) is 14.5 Å². The van der Waals surface area contributed by atoms with E-state index in [1.165, 1.54) is 24.2 Å². The van der Waals surface area contributed by atoms with E-state index in [1.807, 2.05) is 18.7 Å². The third-order valence-corrected chi connectivity index (χ3v) is 3.61. The molecule has 1 aliphatic rings. The number of likely N-dealkylation sites (tertiary alicyclic amines) is 1. The molecule has 1 saturated heterocycles. The van der Waals surface area contributed by atoms with Gasteiger partial charge >= 0.3 is 0 Å². The topological polar surface area (TPSA) is 33.1 Å². The molecule has 19 heavy (non-hydrogen) atoms. The number of anilines is 1. The molecule has 4 heteroatoms. The monoisotopic (exact) mass is 256 g/mol. The number of likely N-dealkylation sites (N-methyl/N-ethyl adjacent to an activating group) is 1. The zero-order valence-corrected chi connectivity index (χ0v) is 11.3. The van der Waals surface area contributed by atoms with Gasteiger partial charge in [-0.2, -0.15) is 0 Å². The highest BCUT2D eigenvalue weighted by atomic mass is 15.2. The Labute approximate surface area is 114 Å². The Morgan fingerprint density at radius 3 is 3.11 bits per heavy atom. The van der Waals surface area contributed by atoms with Crippen LogP contribution in [0.1, 0.15) is 12.0 Å². The highest BCUT2D eigenvalue weighted by molar-refractivity contribution is 5.46. The van der Waals surface area contributed by atoms with Gasteiger partial charge in [0.2, 0.25) is 0 Å². The van der Waals surface area contributed by atoms with Gasteiger partial charge in [0.1, 0.15) is 0 Å². The summed E-state index contributed by atoms with van der Waals surface area (Å²) in [5.74, 6) is 0. The van der Waals surface area contributed by atoms with E-state index in [0.717, 1.165) is 13.1 Å². The summed E-state index contributed by atoms with van der Waals surface area (Å²) >= 11 is 0. The van der Waals surface area contributed by atoms with Crippen LogP contribution in [0, 0.1) is 0 Å². The summed E-state index contributed by atoms with van der Waals surface area (Å²) in [7, 11) is 2.18. The Morgan fingerprint density at radius 2 is 2.37 bits per heavy atom. The highest BCUT2D eigenvalue weighted by Crippen LogP contribution is 2.16. The van der Waals surface area contributed by atoms with Gasteiger partial charge in [-0.3, -0.25) is 0 Å². The molecular weight excluding hydrogens is 236 g/mol. The predicted molar refractivity (Wildman–Crippen MR) is 77.3 cm³/mol. The van der Waals surface area contributed by atoms with Crippen LogP contribution in [-0.2, 0) is 6.54 Å². The molecule has 1 atom stereocenters. The van der Waals surface area contributed by atoms with Crippen molar-refractivity contribution in [1.29, 1.82) is 0 Å². The van der Waals surface area contributed by atoms with E-state index < -0.39 is 0 Å². The second-order valence-electron chi connectivity index (χ2n) is 5.33. The van der Waals surface area contributed by atoms with Gasteiger partial charge in [-0.25, -0.2) is 4.98 Å². The lowest BCUT2D eigenvalue weighted by atomic mass is 10.1. The number of nitrogens with one attached hydrogen (secondary N) is 1. The van der Waals surface area contributed by atoms with Crippen molar-refractivity contribution in [2.75, 3.05) is 25.5 Å². The van der Waals surface area contributed by atoms with E-state index in [4.69, 9.17) is 0 Å². The molecule has 0 aliphatic carbocycles. The van der Waals surface area contributed by atoms with Crippen LogP contribution in [0.25, 0.3) is 0 Å². The molecule has 100 valence electrons. The Kier molecular flexibility index (Phi) is 3.51. The largest absolute Gasteiger partial charge is 0.381 e. The molecule has 1 aromatic heterocycles. The summed E-state index contributed by atoms with van der Waals surface area (Å²) in [4.78, 5) is 6.44. The van der Waals surface area contributed by atoms with Crippen LogP contribution in [-0.4, -0.2) is 40.6 Å². The number of benzene rings is 1. The average molecular weight is 256 g/mol. The lowest BCUT2D eigenvalue weighted by molar-refractivity contribution is 0.414. The van der Waals surface area contributed by atoms with Crippen molar-refractivity contribution in [2.24, 2.45) is 0 Å².